The number of aromatic nitrogens is 2. The molecule has 2 aromatic heterocycles. The topological polar surface area (TPSA) is 131 Å². The van der Waals surface area contributed by atoms with Gasteiger partial charge in [-0.3, -0.25) is 14.5 Å². The predicted octanol–water partition coefficient (Wildman–Crippen LogP) is 1.77. The summed E-state index contributed by atoms with van der Waals surface area (Å²) < 4.78 is 6.33. The van der Waals surface area contributed by atoms with Gasteiger partial charge in [-0.05, 0) is 30.7 Å². The summed E-state index contributed by atoms with van der Waals surface area (Å²) in [4.78, 5) is 60.2. The number of carbonyl (C=O) groups is 4. The first kappa shape index (κ1) is 22.9. The predicted molar refractivity (Wildman–Crippen MR) is 118 cm³/mol. The van der Waals surface area contributed by atoms with Crippen LogP contribution < -0.4 is 4.90 Å². The fourth-order valence-electron chi connectivity index (χ4n) is 3.71. The van der Waals surface area contributed by atoms with E-state index in [1.54, 1.807) is 59.3 Å². The monoisotopic (exact) mass is 466 g/mol. The lowest BCUT2D eigenvalue weighted by atomic mass is 10.1. The average Bonchev–Trinajstić information content (AvgIpc) is 3.26. The zero-order valence-corrected chi connectivity index (χ0v) is 18.3. The number of esters is 1. The quantitative estimate of drug-likeness (QED) is 0.518. The summed E-state index contributed by atoms with van der Waals surface area (Å²) >= 11 is 0. The Morgan fingerprint density at radius 1 is 1.03 bits per heavy atom. The van der Waals surface area contributed by atoms with Crippen molar-refractivity contribution in [2.75, 3.05) is 25.1 Å². The molecule has 3 heterocycles. The van der Waals surface area contributed by atoms with Crippen molar-refractivity contribution < 1.29 is 33.9 Å². The number of hydroxylamine groups is 2. The highest BCUT2D eigenvalue weighted by molar-refractivity contribution is 5.98. The summed E-state index contributed by atoms with van der Waals surface area (Å²) in [5.41, 5.74) is 1.15. The van der Waals surface area contributed by atoms with Crippen molar-refractivity contribution in [1.29, 1.82) is 0 Å². The van der Waals surface area contributed by atoms with Gasteiger partial charge in [0.05, 0.1) is 31.0 Å². The lowest BCUT2D eigenvalue weighted by molar-refractivity contribution is -0.164. The minimum Gasteiger partial charge on any atom is -0.481 e. The largest absolute Gasteiger partial charge is 0.481 e. The molecule has 0 bridgehead atoms. The second-order valence-electron chi connectivity index (χ2n) is 7.60. The molecular weight excluding hydrogens is 444 g/mol. The van der Waals surface area contributed by atoms with E-state index in [1.807, 2.05) is 0 Å². The maximum Gasteiger partial charge on any atom is 0.357 e. The standard InChI is InChI=1S/C23H22N4O7/c1-33-22(31)16-7-9-18-24-19(14-25(18)13-16)26-11-12-27(17(21(26)30)8-10-20(28)29)34-23(32)15-5-3-2-4-6-15/h2-7,9,13-14,17H,8,10-12H2,1H3,(H,28,29). The second kappa shape index (κ2) is 9.71. The van der Waals surface area contributed by atoms with E-state index >= 15 is 0 Å². The van der Waals surface area contributed by atoms with Crippen molar-refractivity contribution in [3.8, 4) is 0 Å². The average molecular weight is 466 g/mol. The fraction of sp³-hybridized carbons (Fsp3) is 0.261. The van der Waals surface area contributed by atoms with Crippen LogP contribution in [0.25, 0.3) is 5.65 Å². The van der Waals surface area contributed by atoms with Crippen molar-refractivity contribution in [2.45, 2.75) is 18.9 Å². The van der Waals surface area contributed by atoms with E-state index in [0.29, 0.717) is 22.6 Å². The number of fused-ring (bicyclic) bond motifs is 1. The van der Waals surface area contributed by atoms with Crippen molar-refractivity contribution >= 4 is 35.3 Å². The molecule has 0 saturated carbocycles. The third-order valence-corrected chi connectivity index (χ3v) is 5.42. The molecule has 1 aromatic carbocycles. The Balaban J connectivity index is 1.57. The number of imidazole rings is 1. The first-order chi connectivity index (χ1) is 16.4. The van der Waals surface area contributed by atoms with Gasteiger partial charge in [-0.15, -0.1) is 5.06 Å². The van der Waals surface area contributed by atoms with Gasteiger partial charge in [0, 0.05) is 19.2 Å². The molecule has 1 fully saturated rings. The van der Waals surface area contributed by atoms with Gasteiger partial charge < -0.3 is 19.1 Å². The van der Waals surface area contributed by atoms with E-state index in [9.17, 15) is 19.2 Å². The highest BCUT2D eigenvalue weighted by Gasteiger charge is 2.39. The number of ether oxygens (including phenoxy) is 1. The Morgan fingerprint density at radius 2 is 1.79 bits per heavy atom. The molecule has 1 N–H and O–H groups in total. The van der Waals surface area contributed by atoms with E-state index in [-0.39, 0.29) is 25.9 Å². The van der Waals surface area contributed by atoms with Crippen molar-refractivity contribution in [3.05, 3.63) is 66.0 Å². The van der Waals surface area contributed by atoms with Gasteiger partial charge in [0.25, 0.3) is 0 Å². The SMILES string of the molecule is COC(=O)c1ccc2nc(N3CCN(OC(=O)c4ccccc4)C(CCC(=O)O)C3=O)cn2c1. The molecule has 1 saturated heterocycles. The number of hydrogen-bond donors (Lipinski definition) is 1. The van der Waals surface area contributed by atoms with E-state index in [4.69, 9.17) is 14.7 Å². The van der Waals surface area contributed by atoms with Crippen molar-refractivity contribution in [1.82, 2.24) is 14.4 Å². The molecule has 1 atom stereocenters. The minimum atomic E-state index is -1.07. The van der Waals surface area contributed by atoms with Crippen molar-refractivity contribution in [2.24, 2.45) is 0 Å². The van der Waals surface area contributed by atoms with Crippen LogP contribution in [0.1, 0.15) is 33.6 Å². The fourth-order valence-corrected chi connectivity index (χ4v) is 3.71. The van der Waals surface area contributed by atoms with Gasteiger partial charge in [0.1, 0.15) is 11.7 Å². The Kier molecular flexibility index (Phi) is 6.55. The second-order valence-corrected chi connectivity index (χ2v) is 7.60. The van der Waals surface area contributed by atoms with Crippen LogP contribution in [-0.2, 0) is 19.2 Å². The maximum atomic E-state index is 13.3. The number of rotatable bonds is 7. The van der Waals surface area contributed by atoms with Crippen LogP contribution in [0.3, 0.4) is 0 Å². The molecule has 0 aliphatic carbocycles. The number of amides is 1. The van der Waals surface area contributed by atoms with Gasteiger partial charge in [-0.1, -0.05) is 18.2 Å². The lowest BCUT2D eigenvalue weighted by Gasteiger charge is -2.38. The van der Waals surface area contributed by atoms with E-state index in [2.05, 4.69) is 4.98 Å². The van der Waals surface area contributed by atoms with Gasteiger partial charge >= 0.3 is 17.9 Å². The molecule has 1 unspecified atom stereocenters. The van der Waals surface area contributed by atoms with Gasteiger partial charge in [-0.2, -0.15) is 0 Å². The summed E-state index contributed by atoms with van der Waals surface area (Å²) in [6.07, 6.45) is 2.81. The van der Waals surface area contributed by atoms with Crippen molar-refractivity contribution in [3.63, 3.8) is 0 Å². The Labute approximate surface area is 194 Å². The molecule has 1 aliphatic heterocycles. The third-order valence-electron chi connectivity index (χ3n) is 5.42. The Morgan fingerprint density at radius 3 is 2.50 bits per heavy atom. The molecule has 11 heteroatoms. The number of nitrogens with zero attached hydrogens (tertiary/aromatic N) is 4. The number of hydrogen-bond acceptors (Lipinski definition) is 8. The Bertz CT molecular complexity index is 1240. The summed E-state index contributed by atoms with van der Waals surface area (Å²) in [6.45, 7) is 0.327. The number of methoxy groups -OCH3 is 1. The van der Waals surface area contributed by atoms with E-state index < -0.39 is 29.9 Å². The molecule has 3 aromatic rings. The molecule has 11 nitrogen and oxygen atoms in total. The minimum absolute atomic E-state index is 0.0490. The lowest BCUT2D eigenvalue weighted by Crippen LogP contribution is -2.57. The molecule has 0 spiro atoms. The summed E-state index contributed by atoms with van der Waals surface area (Å²) in [5, 5.41) is 10.4. The number of carboxylic acid groups (broad SMARTS) is 1. The smallest absolute Gasteiger partial charge is 0.357 e. The van der Waals surface area contributed by atoms with Crippen LogP contribution in [0.4, 0.5) is 5.82 Å². The van der Waals surface area contributed by atoms with Gasteiger partial charge in [0.15, 0.2) is 5.82 Å². The number of carboxylic acids is 1. The first-order valence-corrected chi connectivity index (χ1v) is 10.5. The molecular formula is C23H22N4O7. The number of aliphatic carboxylic acids is 1. The Hall–Kier alpha value is -4.25. The molecule has 1 aliphatic rings. The maximum absolute atomic E-state index is 13.3. The van der Waals surface area contributed by atoms with Crippen LogP contribution in [-0.4, -0.2) is 69.6 Å². The van der Waals surface area contributed by atoms with Crippen LogP contribution in [0.15, 0.2) is 54.9 Å². The highest BCUT2D eigenvalue weighted by atomic mass is 16.7. The summed E-state index contributed by atoms with van der Waals surface area (Å²) in [6, 6.07) is 10.5. The molecule has 0 radical (unpaired) electrons. The highest BCUT2D eigenvalue weighted by Crippen LogP contribution is 2.24. The summed E-state index contributed by atoms with van der Waals surface area (Å²) in [7, 11) is 1.28. The molecule has 4 rings (SSSR count). The number of pyridine rings is 1. The molecule has 1 amide bonds. The molecule has 34 heavy (non-hydrogen) atoms. The van der Waals surface area contributed by atoms with E-state index in [1.165, 1.54) is 17.1 Å². The number of piperazine rings is 1. The van der Waals surface area contributed by atoms with Gasteiger partial charge in [-0.25, -0.2) is 14.6 Å². The zero-order valence-electron chi connectivity index (χ0n) is 18.3. The normalized spacial score (nSPS) is 16.4. The van der Waals surface area contributed by atoms with Crippen LogP contribution in [0.2, 0.25) is 0 Å². The van der Waals surface area contributed by atoms with Crippen LogP contribution in [0, 0.1) is 0 Å². The van der Waals surface area contributed by atoms with Gasteiger partial charge in [0.2, 0.25) is 5.91 Å². The first-order valence-electron chi connectivity index (χ1n) is 10.5. The number of carbonyl (C=O) groups excluding carboxylic acids is 3. The van der Waals surface area contributed by atoms with Crippen LogP contribution in [0.5, 0.6) is 0 Å². The summed E-state index contributed by atoms with van der Waals surface area (Å²) in [5.74, 6) is -2.31. The third kappa shape index (κ3) is 4.74. The number of benzene rings is 1. The molecule has 176 valence electrons. The van der Waals surface area contributed by atoms with Crippen LogP contribution >= 0.6 is 0 Å². The zero-order chi connectivity index (χ0) is 24.2. The number of anilines is 1. The van der Waals surface area contributed by atoms with E-state index in [0.717, 1.165) is 0 Å².